The summed E-state index contributed by atoms with van der Waals surface area (Å²) in [5.41, 5.74) is -2.18. The van der Waals surface area contributed by atoms with Crippen LogP contribution < -0.4 is 0 Å². The van der Waals surface area contributed by atoms with Crippen LogP contribution in [0.25, 0.3) is 0 Å². The van der Waals surface area contributed by atoms with Gasteiger partial charge in [0, 0.05) is 18.3 Å². The highest BCUT2D eigenvalue weighted by Gasteiger charge is 2.49. The van der Waals surface area contributed by atoms with Crippen LogP contribution in [-0.2, 0) is 30.3 Å². The van der Waals surface area contributed by atoms with Gasteiger partial charge in [-0.3, -0.25) is 9.59 Å². The van der Waals surface area contributed by atoms with Crippen LogP contribution in [0.4, 0.5) is 0 Å². The summed E-state index contributed by atoms with van der Waals surface area (Å²) in [6.07, 6.45) is -0.505. The highest BCUT2D eigenvalue weighted by atomic mass is 16.5. The summed E-state index contributed by atoms with van der Waals surface area (Å²) in [7, 11) is 0. The summed E-state index contributed by atoms with van der Waals surface area (Å²) in [5, 5.41) is 0. The zero-order chi connectivity index (χ0) is 25.0. The first-order valence-electron chi connectivity index (χ1n) is 11.3. The second-order valence-electron chi connectivity index (χ2n) is 11.5. The Morgan fingerprint density at radius 2 is 1.34 bits per heavy atom. The first-order valence-corrected chi connectivity index (χ1v) is 11.3. The lowest BCUT2D eigenvalue weighted by Crippen LogP contribution is -2.55. The summed E-state index contributed by atoms with van der Waals surface area (Å²) < 4.78 is 12.4. The molecule has 0 aromatic heterocycles. The normalized spacial score (nSPS) is 15.2. The molecule has 0 aliphatic heterocycles. The number of rotatable bonds is 11. The van der Waals surface area contributed by atoms with Gasteiger partial charge in [0.15, 0.2) is 11.6 Å². The molecule has 180 valence electrons. The molecule has 0 heterocycles. The minimum absolute atomic E-state index is 0.0459. The lowest BCUT2D eigenvalue weighted by molar-refractivity contribution is -0.182. The average molecular weight is 447 g/mol. The molecule has 5 nitrogen and oxygen atoms in total. The summed E-state index contributed by atoms with van der Waals surface area (Å²) in [5.74, 6) is -0.262. The molecule has 0 radical (unpaired) electrons. The van der Waals surface area contributed by atoms with E-state index in [1.807, 2.05) is 65.0 Å². The molecular weight excluding hydrogens is 404 g/mol. The molecule has 5 heteroatoms. The largest absolute Gasteiger partial charge is 0.364 e. The lowest BCUT2D eigenvalue weighted by Gasteiger charge is -2.44. The van der Waals surface area contributed by atoms with Crippen molar-refractivity contribution in [3.05, 3.63) is 35.9 Å². The fourth-order valence-corrected chi connectivity index (χ4v) is 3.42. The Morgan fingerprint density at radius 1 is 0.812 bits per heavy atom. The number of Topliss-reactive ketones (excluding diaryl/α,β-unsaturated/α-hetero) is 2. The van der Waals surface area contributed by atoms with Gasteiger partial charge in [-0.05, 0) is 40.2 Å². The van der Waals surface area contributed by atoms with Gasteiger partial charge in [-0.25, -0.2) is 0 Å². The topological polar surface area (TPSA) is 69.7 Å². The summed E-state index contributed by atoms with van der Waals surface area (Å²) in [4.78, 5) is 38.0. The van der Waals surface area contributed by atoms with E-state index in [1.165, 1.54) is 0 Å². The van der Waals surface area contributed by atoms with Crippen molar-refractivity contribution >= 4 is 17.9 Å². The standard InChI is InChI=1S/C27H42O5/c1-24(2,3)22(29)20(16-17-28)32-27(9,10)26(7,8)23(30)21(31-25(4,5)6)18-19-14-12-11-13-15-19/h11-15,17,20-21H,16,18H2,1-10H3. The number of benzene rings is 1. The van der Waals surface area contributed by atoms with E-state index in [1.54, 1.807) is 34.6 Å². The molecular formula is C27H42O5. The smallest absolute Gasteiger partial charge is 0.170 e. The molecule has 0 saturated carbocycles. The molecule has 0 spiro atoms. The van der Waals surface area contributed by atoms with Gasteiger partial charge < -0.3 is 14.3 Å². The van der Waals surface area contributed by atoms with Gasteiger partial charge in [0.2, 0.25) is 0 Å². The molecule has 2 atom stereocenters. The molecule has 0 aliphatic carbocycles. The first-order chi connectivity index (χ1) is 14.4. The van der Waals surface area contributed by atoms with Crippen molar-refractivity contribution in [3.63, 3.8) is 0 Å². The number of ketones is 2. The molecule has 0 amide bonds. The van der Waals surface area contributed by atoms with E-state index in [0.29, 0.717) is 12.7 Å². The highest BCUT2D eigenvalue weighted by molar-refractivity contribution is 5.91. The van der Waals surface area contributed by atoms with E-state index in [2.05, 4.69) is 0 Å². The van der Waals surface area contributed by atoms with Crippen molar-refractivity contribution in [2.45, 2.75) is 105 Å². The number of carbonyl (C=O) groups is 3. The third kappa shape index (κ3) is 7.63. The first kappa shape index (κ1) is 28.2. The van der Waals surface area contributed by atoms with Gasteiger partial charge in [-0.1, -0.05) is 65.0 Å². The molecule has 1 rings (SSSR count). The van der Waals surface area contributed by atoms with Crippen LogP contribution in [0, 0.1) is 10.8 Å². The maximum atomic E-state index is 13.8. The van der Waals surface area contributed by atoms with Crippen molar-refractivity contribution < 1.29 is 23.9 Å². The Labute approximate surface area is 194 Å². The molecule has 0 saturated heterocycles. The Bertz CT molecular complexity index is 779. The molecule has 0 aliphatic rings. The minimum atomic E-state index is -1.02. The Hall–Kier alpha value is -1.85. The molecule has 1 aromatic carbocycles. The second-order valence-corrected chi connectivity index (χ2v) is 11.5. The highest BCUT2D eigenvalue weighted by Crippen LogP contribution is 2.39. The zero-order valence-corrected chi connectivity index (χ0v) is 21.6. The fraction of sp³-hybridized carbons (Fsp3) is 0.667. The van der Waals surface area contributed by atoms with Crippen LogP contribution in [-0.4, -0.2) is 41.3 Å². The summed E-state index contributed by atoms with van der Waals surface area (Å²) >= 11 is 0. The van der Waals surface area contributed by atoms with Crippen LogP contribution >= 0.6 is 0 Å². The fourth-order valence-electron chi connectivity index (χ4n) is 3.42. The molecule has 0 fully saturated rings. The third-order valence-electron chi connectivity index (χ3n) is 5.95. The monoisotopic (exact) mass is 446 g/mol. The van der Waals surface area contributed by atoms with E-state index in [4.69, 9.17) is 9.47 Å². The van der Waals surface area contributed by atoms with Gasteiger partial charge in [0.25, 0.3) is 0 Å². The van der Waals surface area contributed by atoms with Crippen LogP contribution in [0.3, 0.4) is 0 Å². The van der Waals surface area contributed by atoms with E-state index in [9.17, 15) is 14.4 Å². The number of hydrogen-bond donors (Lipinski definition) is 0. The number of carbonyl (C=O) groups excluding carboxylic acids is 3. The van der Waals surface area contributed by atoms with E-state index >= 15 is 0 Å². The summed E-state index contributed by atoms with van der Waals surface area (Å²) in [6.45, 7) is 18.4. The van der Waals surface area contributed by atoms with Crippen LogP contribution in [0.15, 0.2) is 30.3 Å². The number of ether oxygens (including phenoxy) is 2. The number of aldehydes is 1. The van der Waals surface area contributed by atoms with Crippen molar-refractivity contribution in [1.82, 2.24) is 0 Å². The minimum Gasteiger partial charge on any atom is -0.364 e. The molecule has 2 unspecified atom stereocenters. The van der Waals surface area contributed by atoms with E-state index in [-0.39, 0.29) is 18.0 Å². The quantitative estimate of drug-likeness (QED) is 0.427. The predicted molar refractivity (Wildman–Crippen MR) is 128 cm³/mol. The van der Waals surface area contributed by atoms with E-state index < -0.39 is 34.2 Å². The zero-order valence-electron chi connectivity index (χ0n) is 21.6. The van der Waals surface area contributed by atoms with Gasteiger partial charge in [0.05, 0.1) is 16.6 Å². The van der Waals surface area contributed by atoms with Crippen molar-refractivity contribution in [2.75, 3.05) is 0 Å². The van der Waals surface area contributed by atoms with Gasteiger partial charge in [0.1, 0.15) is 18.5 Å². The Kier molecular flexibility index (Phi) is 9.15. The Balaban J connectivity index is 3.25. The molecule has 32 heavy (non-hydrogen) atoms. The van der Waals surface area contributed by atoms with Gasteiger partial charge in [-0.2, -0.15) is 0 Å². The van der Waals surface area contributed by atoms with Crippen LogP contribution in [0.2, 0.25) is 0 Å². The van der Waals surface area contributed by atoms with Crippen molar-refractivity contribution in [3.8, 4) is 0 Å². The van der Waals surface area contributed by atoms with E-state index in [0.717, 1.165) is 5.56 Å². The molecule has 0 bridgehead atoms. The van der Waals surface area contributed by atoms with Crippen molar-refractivity contribution in [1.29, 1.82) is 0 Å². The van der Waals surface area contributed by atoms with Gasteiger partial charge >= 0.3 is 0 Å². The van der Waals surface area contributed by atoms with Crippen LogP contribution in [0.1, 0.15) is 81.2 Å². The van der Waals surface area contributed by atoms with Crippen molar-refractivity contribution in [2.24, 2.45) is 10.8 Å². The third-order valence-corrected chi connectivity index (χ3v) is 5.95. The van der Waals surface area contributed by atoms with Crippen LogP contribution in [0.5, 0.6) is 0 Å². The molecule has 1 aromatic rings. The number of hydrogen-bond acceptors (Lipinski definition) is 5. The Morgan fingerprint density at radius 3 is 1.78 bits per heavy atom. The molecule has 0 N–H and O–H groups in total. The SMILES string of the molecule is CC(C)(C)OC(Cc1ccccc1)C(=O)C(C)(C)C(C)(C)OC(CC=O)C(=O)C(C)(C)C. The summed E-state index contributed by atoms with van der Waals surface area (Å²) in [6, 6.07) is 9.76. The predicted octanol–water partition coefficient (Wildman–Crippen LogP) is 5.38. The maximum Gasteiger partial charge on any atom is 0.170 e. The lowest BCUT2D eigenvalue weighted by atomic mass is 9.71. The second kappa shape index (κ2) is 10.4. The average Bonchev–Trinajstić information content (AvgIpc) is 2.64. The van der Waals surface area contributed by atoms with Gasteiger partial charge in [-0.15, -0.1) is 0 Å². The maximum absolute atomic E-state index is 13.8.